The van der Waals surface area contributed by atoms with Crippen LogP contribution in [-0.2, 0) is 9.59 Å². The van der Waals surface area contributed by atoms with Crippen LogP contribution in [0, 0.1) is 30.6 Å². The summed E-state index contributed by atoms with van der Waals surface area (Å²) in [7, 11) is 0. The number of carbonyl (C=O) groups is 3. The Labute approximate surface area is 198 Å². The van der Waals surface area contributed by atoms with Gasteiger partial charge >= 0.3 is 0 Å². The summed E-state index contributed by atoms with van der Waals surface area (Å²) >= 11 is 0. The quantitative estimate of drug-likeness (QED) is 0.557. The van der Waals surface area contributed by atoms with Crippen molar-refractivity contribution in [2.45, 2.75) is 25.7 Å². The number of rotatable bonds is 4. The number of carbonyl (C=O) groups excluding carboxylic acids is 3. The van der Waals surface area contributed by atoms with Gasteiger partial charge in [0.15, 0.2) is 0 Å². The third kappa shape index (κ3) is 3.26. The van der Waals surface area contributed by atoms with E-state index in [4.69, 9.17) is 0 Å². The number of aryl methyl sites for hydroxylation is 1. The van der Waals surface area contributed by atoms with E-state index >= 15 is 0 Å². The summed E-state index contributed by atoms with van der Waals surface area (Å²) in [6.07, 6.45) is 1.93. The molecule has 2 aliphatic carbocycles. The number of nitrogens with zero attached hydrogens (tertiary/aromatic N) is 1. The van der Waals surface area contributed by atoms with Crippen molar-refractivity contribution in [2.24, 2.45) is 23.7 Å². The average Bonchev–Trinajstić information content (AvgIpc) is 3.52. The smallest absolute Gasteiger partial charge is 0.255 e. The molecule has 5 heteroatoms. The van der Waals surface area contributed by atoms with Crippen molar-refractivity contribution in [1.82, 2.24) is 0 Å². The molecular formula is C29H26N2O3. The number of amides is 3. The number of hydrogen-bond acceptors (Lipinski definition) is 3. The predicted octanol–water partition coefficient (Wildman–Crippen LogP) is 5.18. The molecule has 1 aliphatic heterocycles. The number of fused-ring (bicyclic) bond motifs is 5. The van der Waals surface area contributed by atoms with Gasteiger partial charge in [0.1, 0.15) is 0 Å². The van der Waals surface area contributed by atoms with E-state index < -0.39 is 0 Å². The number of hydrogen-bond donors (Lipinski definition) is 1. The van der Waals surface area contributed by atoms with E-state index in [1.54, 1.807) is 24.3 Å². The van der Waals surface area contributed by atoms with Crippen LogP contribution in [0.1, 0.15) is 40.2 Å². The third-order valence-electron chi connectivity index (χ3n) is 7.94. The van der Waals surface area contributed by atoms with Crippen molar-refractivity contribution in [2.75, 3.05) is 10.2 Å². The van der Waals surface area contributed by atoms with E-state index in [9.17, 15) is 14.4 Å². The van der Waals surface area contributed by atoms with Crippen molar-refractivity contribution >= 4 is 29.1 Å². The van der Waals surface area contributed by atoms with Crippen molar-refractivity contribution in [3.63, 3.8) is 0 Å². The van der Waals surface area contributed by atoms with Crippen molar-refractivity contribution in [3.8, 4) is 0 Å². The van der Waals surface area contributed by atoms with E-state index in [0.717, 1.165) is 24.1 Å². The fourth-order valence-corrected chi connectivity index (χ4v) is 6.40. The predicted molar refractivity (Wildman–Crippen MR) is 130 cm³/mol. The molecule has 34 heavy (non-hydrogen) atoms. The second kappa shape index (κ2) is 7.94. The van der Waals surface area contributed by atoms with Crippen LogP contribution in [0.5, 0.6) is 0 Å². The Hall–Kier alpha value is -3.73. The van der Waals surface area contributed by atoms with Gasteiger partial charge in [-0.3, -0.25) is 19.3 Å². The van der Waals surface area contributed by atoms with Gasteiger partial charge in [-0.05, 0) is 79.5 Å². The summed E-state index contributed by atoms with van der Waals surface area (Å²) in [5.74, 6) is 0.000479. The van der Waals surface area contributed by atoms with E-state index in [2.05, 4.69) is 17.4 Å². The van der Waals surface area contributed by atoms with Gasteiger partial charge in [0.25, 0.3) is 5.91 Å². The first-order valence-corrected chi connectivity index (χ1v) is 11.9. The minimum absolute atomic E-state index is 0.0779. The van der Waals surface area contributed by atoms with Crippen molar-refractivity contribution < 1.29 is 14.4 Å². The van der Waals surface area contributed by atoms with Crippen LogP contribution in [0.15, 0.2) is 78.9 Å². The van der Waals surface area contributed by atoms with Gasteiger partial charge in [-0.25, -0.2) is 0 Å². The summed E-state index contributed by atoms with van der Waals surface area (Å²) < 4.78 is 0. The zero-order valence-corrected chi connectivity index (χ0v) is 19.0. The molecule has 1 saturated heterocycles. The number of nitrogens with one attached hydrogen (secondary N) is 1. The molecule has 0 radical (unpaired) electrons. The fourth-order valence-electron chi connectivity index (χ4n) is 6.40. The van der Waals surface area contributed by atoms with E-state index in [1.165, 1.54) is 10.5 Å². The Morgan fingerprint density at radius 2 is 1.50 bits per heavy atom. The lowest BCUT2D eigenvalue weighted by Crippen LogP contribution is -2.33. The fraction of sp³-hybridized carbons (Fsp3) is 0.276. The number of anilines is 2. The second-order valence-electron chi connectivity index (χ2n) is 9.84. The lowest BCUT2D eigenvalue weighted by molar-refractivity contribution is -0.123. The van der Waals surface area contributed by atoms with Crippen LogP contribution < -0.4 is 10.2 Å². The largest absolute Gasteiger partial charge is 0.322 e. The molecule has 1 N–H and O–H groups in total. The first-order chi connectivity index (χ1) is 16.5. The number of imide groups is 1. The number of benzene rings is 3. The van der Waals surface area contributed by atoms with Crippen LogP contribution in [0.2, 0.25) is 0 Å². The molecule has 2 saturated carbocycles. The van der Waals surface area contributed by atoms with Crippen LogP contribution >= 0.6 is 0 Å². The standard InChI is InChI=1S/C29H26N2O3/c1-17-7-11-21(12-8-17)30-27(32)19-9-13-22(14-10-19)31-28(33)25-20-15-23(18-5-3-2-4-6-18)24(16-20)26(25)29(31)34/h2-14,20,23-26H,15-16H2,1H3,(H,30,32)/t20-,23+,24-,25+,26+/m1/s1. The minimum atomic E-state index is -0.235. The highest BCUT2D eigenvalue weighted by Crippen LogP contribution is 2.61. The van der Waals surface area contributed by atoms with Gasteiger partial charge < -0.3 is 5.32 Å². The zero-order valence-electron chi connectivity index (χ0n) is 19.0. The maximum absolute atomic E-state index is 13.5. The highest BCUT2D eigenvalue weighted by molar-refractivity contribution is 6.22. The molecule has 0 aromatic heterocycles. The van der Waals surface area contributed by atoms with E-state index in [1.807, 2.05) is 49.4 Å². The highest BCUT2D eigenvalue weighted by atomic mass is 16.2. The lowest BCUT2D eigenvalue weighted by Gasteiger charge is -2.28. The van der Waals surface area contributed by atoms with Crippen LogP contribution in [0.25, 0.3) is 0 Å². The summed E-state index contributed by atoms with van der Waals surface area (Å²) in [4.78, 5) is 40.8. The van der Waals surface area contributed by atoms with Crippen molar-refractivity contribution in [1.29, 1.82) is 0 Å². The molecule has 3 aromatic carbocycles. The molecule has 3 aliphatic rings. The molecule has 1 heterocycles. The Morgan fingerprint density at radius 3 is 2.21 bits per heavy atom. The SMILES string of the molecule is Cc1ccc(NC(=O)c2ccc(N3C(=O)[C@H]4[C@H]5C[C@@H]([C@@H]4C3=O)[C@H](c3ccccc3)C5)cc2)cc1. The second-order valence-corrected chi connectivity index (χ2v) is 9.84. The Bertz CT molecular complexity index is 1270. The molecule has 3 amide bonds. The molecule has 3 aromatic rings. The molecule has 5 atom stereocenters. The molecule has 0 spiro atoms. The molecular weight excluding hydrogens is 424 g/mol. The molecule has 5 nitrogen and oxygen atoms in total. The van der Waals surface area contributed by atoms with Crippen LogP contribution in [0.3, 0.4) is 0 Å². The molecule has 6 rings (SSSR count). The van der Waals surface area contributed by atoms with E-state index in [-0.39, 0.29) is 41.4 Å². The third-order valence-corrected chi connectivity index (χ3v) is 7.94. The monoisotopic (exact) mass is 450 g/mol. The maximum atomic E-state index is 13.5. The minimum Gasteiger partial charge on any atom is -0.322 e. The summed E-state index contributed by atoms with van der Waals surface area (Å²) in [5.41, 5.74) is 4.15. The molecule has 2 bridgehead atoms. The Morgan fingerprint density at radius 1 is 0.824 bits per heavy atom. The highest BCUT2D eigenvalue weighted by Gasteiger charge is 2.64. The zero-order chi connectivity index (χ0) is 23.4. The Balaban J connectivity index is 1.20. The lowest BCUT2D eigenvalue weighted by atomic mass is 9.73. The van der Waals surface area contributed by atoms with E-state index in [0.29, 0.717) is 17.2 Å². The van der Waals surface area contributed by atoms with Crippen LogP contribution in [-0.4, -0.2) is 17.7 Å². The molecule has 170 valence electrons. The first-order valence-electron chi connectivity index (χ1n) is 11.9. The first kappa shape index (κ1) is 20.8. The van der Waals surface area contributed by atoms with Gasteiger partial charge in [0.05, 0.1) is 17.5 Å². The topological polar surface area (TPSA) is 66.5 Å². The average molecular weight is 451 g/mol. The summed E-state index contributed by atoms with van der Waals surface area (Å²) in [6, 6.07) is 24.7. The van der Waals surface area contributed by atoms with Gasteiger partial charge in [-0.15, -0.1) is 0 Å². The Kier molecular flexibility index (Phi) is 4.87. The van der Waals surface area contributed by atoms with Gasteiger partial charge in [-0.2, -0.15) is 0 Å². The normalized spacial score (nSPS) is 27.2. The molecule has 0 unspecified atom stereocenters. The summed E-state index contributed by atoms with van der Waals surface area (Å²) in [5, 5.41) is 2.88. The maximum Gasteiger partial charge on any atom is 0.255 e. The molecule has 3 fully saturated rings. The van der Waals surface area contributed by atoms with Gasteiger partial charge in [0.2, 0.25) is 11.8 Å². The summed E-state index contributed by atoms with van der Waals surface area (Å²) in [6.45, 7) is 1.99. The van der Waals surface area contributed by atoms with Gasteiger partial charge in [0, 0.05) is 11.3 Å². The van der Waals surface area contributed by atoms with Crippen LogP contribution in [0.4, 0.5) is 11.4 Å². The van der Waals surface area contributed by atoms with Gasteiger partial charge in [-0.1, -0.05) is 48.0 Å². The van der Waals surface area contributed by atoms with Crippen molar-refractivity contribution in [3.05, 3.63) is 95.6 Å².